The van der Waals surface area contributed by atoms with Crippen molar-refractivity contribution in [3.05, 3.63) is 36.2 Å². The van der Waals surface area contributed by atoms with Crippen LogP contribution in [0.5, 0.6) is 0 Å². The third kappa shape index (κ3) is 4.59. The lowest BCUT2D eigenvalue weighted by Crippen LogP contribution is -2.47. The van der Waals surface area contributed by atoms with Crippen molar-refractivity contribution >= 4 is 21.7 Å². The topological polar surface area (TPSA) is 107 Å². The molecule has 1 aromatic carbocycles. The van der Waals surface area contributed by atoms with E-state index in [1.165, 1.54) is 25.3 Å². The SMILES string of the molecule is CC(=O)N1CCCC[C@@H]1C(=O)OCc1coc(-c2ccc(S(C)(=O)=O)cc2)n1. The first-order valence-electron chi connectivity index (χ1n) is 8.94. The van der Waals surface area contributed by atoms with E-state index < -0.39 is 21.8 Å². The molecular formula is C19H22N2O6S. The van der Waals surface area contributed by atoms with Gasteiger partial charge >= 0.3 is 5.97 Å². The number of rotatable bonds is 5. The van der Waals surface area contributed by atoms with Crippen LogP contribution in [0.3, 0.4) is 0 Å². The van der Waals surface area contributed by atoms with Crippen molar-refractivity contribution in [3.63, 3.8) is 0 Å². The van der Waals surface area contributed by atoms with Crippen LogP contribution in [0.1, 0.15) is 31.9 Å². The molecule has 0 unspecified atom stereocenters. The number of likely N-dealkylation sites (tertiary alicyclic amines) is 1. The number of hydrogen-bond donors (Lipinski definition) is 0. The van der Waals surface area contributed by atoms with Crippen LogP contribution in [0.4, 0.5) is 0 Å². The number of nitrogens with zero attached hydrogens (tertiary/aromatic N) is 2. The summed E-state index contributed by atoms with van der Waals surface area (Å²) in [6.07, 6.45) is 4.88. The summed E-state index contributed by atoms with van der Waals surface area (Å²) < 4.78 is 33.8. The number of hydrogen-bond acceptors (Lipinski definition) is 7. The quantitative estimate of drug-likeness (QED) is 0.701. The molecule has 150 valence electrons. The first-order valence-corrected chi connectivity index (χ1v) is 10.8. The van der Waals surface area contributed by atoms with Crippen LogP contribution in [0.2, 0.25) is 0 Å². The van der Waals surface area contributed by atoms with Gasteiger partial charge in [-0.2, -0.15) is 0 Å². The van der Waals surface area contributed by atoms with Gasteiger partial charge in [0.2, 0.25) is 11.8 Å². The largest absolute Gasteiger partial charge is 0.458 e. The molecule has 1 saturated heterocycles. The molecule has 1 aromatic heterocycles. The summed E-state index contributed by atoms with van der Waals surface area (Å²) in [6.45, 7) is 1.95. The highest BCUT2D eigenvalue weighted by atomic mass is 32.2. The zero-order valence-electron chi connectivity index (χ0n) is 15.8. The van der Waals surface area contributed by atoms with E-state index in [2.05, 4.69) is 4.98 Å². The summed E-state index contributed by atoms with van der Waals surface area (Å²) in [5, 5.41) is 0. The lowest BCUT2D eigenvalue weighted by Gasteiger charge is -2.33. The third-order valence-electron chi connectivity index (χ3n) is 4.62. The van der Waals surface area contributed by atoms with Gasteiger partial charge in [0.15, 0.2) is 9.84 Å². The van der Waals surface area contributed by atoms with Gasteiger partial charge in [-0.1, -0.05) is 0 Å². The van der Waals surface area contributed by atoms with Crippen LogP contribution < -0.4 is 0 Å². The Morgan fingerprint density at radius 1 is 1.25 bits per heavy atom. The highest BCUT2D eigenvalue weighted by molar-refractivity contribution is 7.90. The van der Waals surface area contributed by atoms with E-state index in [-0.39, 0.29) is 17.4 Å². The van der Waals surface area contributed by atoms with Crippen molar-refractivity contribution in [1.82, 2.24) is 9.88 Å². The second kappa shape index (κ2) is 8.14. The van der Waals surface area contributed by atoms with Gasteiger partial charge in [0, 0.05) is 25.3 Å². The molecule has 1 atom stereocenters. The van der Waals surface area contributed by atoms with Crippen molar-refractivity contribution in [3.8, 4) is 11.5 Å². The van der Waals surface area contributed by atoms with E-state index in [0.29, 0.717) is 30.1 Å². The van der Waals surface area contributed by atoms with Gasteiger partial charge in [-0.25, -0.2) is 18.2 Å². The number of benzene rings is 1. The Balaban J connectivity index is 1.63. The minimum absolute atomic E-state index is 0.0635. The van der Waals surface area contributed by atoms with Crippen LogP contribution in [-0.2, 0) is 30.8 Å². The van der Waals surface area contributed by atoms with E-state index in [4.69, 9.17) is 9.15 Å². The summed E-state index contributed by atoms with van der Waals surface area (Å²) in [5.41, 5.74) is 1.04. The molecule has 0 N–H and O–H groups in total. The zero-order valence-corrected chi connectivity index (χ0v) is 16.6. The molecule has 0 radical (unpaired) electrons. The second-order valence-corrected chi connectivity index (χ2v) is 8.79. The van der Waals surface area contributed by atoms with Crippen molar-refractivity contribution in [2.24, 2.45) is 0 Å². The van der Waals surface area contributed by atoms with E-state index in [1.807, 2.05) is 0 Å². The Bertz CT molecular complexity index is 965. The number of ether oxygens (including phenoxy) is 1. The molecule has 2 heterocycles. The number of amides is 1. The number of esters is 1. The summed E-state index contributed by atoms with van der Waals surface area (Å²) >= 11 is 0. The fourth-order valence-electron chi connectivity index (χ4n) is 3.15. The Labute approximate surface area is 163 Å². The third-order valence-corrected chi connectivity index (χ3v) is 5.75. The zero-order chi connectivity index (χ0) is 20.3. The normalized spacial score (nSPS) is 17.4. The average Bonchev–Trinajstić information content (AvgIpc) is 3.14. The molecule has 8 nitrogen and oxygen atoms in total. The minimum atomic E-state index is -3.27. The fraction of sp³-hybridized carbons (Fsp3) is 0.421. The smallest absolute Gasteiger partial charge is 0.329 e. The number of sulfone groups is 1. The maximum Gasteiger partial charge on any atom is 0.329 e. The molecule has 0 aliphatic carbocycles. The lowest BCUT2D eigenvalue weighted by molar-refractivity contribution is -0.157. The van der Waals surface area contributed by atoms with Gasteiger partial charge in [0.1, 0.15) is 24.6 Å². The summed E-state index contributed by atoms with van der Waals surface area (Å²) in [5.74, 6) is -0.283. The van der Waals surface area contributed by atoms with Crippen LogP contribution >= 0.6 is 0 Å². The predicted octanol–water partition coefficient (Wildman–Crippen LogP) is 2.19. The van der Waals surface area contributed by atoms with Crippen LogP contribution in [0.25, 0.3) is 11.5 Å². The van der Waals surface area contributed by atoms with E-state index in [9.17, 15) is 18.0 Å². The van der Waals surface area contributed by atoms with Gasteiger partial charge in [-0.3, -0.25) is 4.79 Å². The lowest BCUT2D eigenvalue weighted by atomic mass is 10.0. The Morgan fingerprint density at radius 3 is 2.61 bits per heavy atom. The summed E-state index contributed by atoms with van der Waals surface area (Å²) in [4.78, 5) is 30.1. The van der Waals surface area contributed by atoms with Gasteiger partial charge in [0.05, 0.1) is 4.90 Å². The van der Waals surface area contributed by atoms with Crippen LogP contribution in [0, 0.1) is 0 Å². The Morgan fingerprint density at radius 2 is 1.96 bits per heavy atom. The first kappa shape index (κ1) is 20.1. The number of carbonyl (C=O) groups is 2. The maximum atomic E-state index is 12.4. The molecule has 2 aromatic rings. The number of oxazole rings is 1. The number of aromatic nitrogens is 1. The van der Waals surface area contributed by atoms with E-state index in [0.717, 1.165) is 19.1 Å². The van der Waals surface area contributed by atoms with Crippen LogP contribution in [0.15, 0.2) is 39.8 Å². The second-order valence-electron chi connectivity index (χ2n) is 6.77. The molecule has 0 spiro atoms. The van der Waals surface area contributed by atoms with Crippen LogP contribution in [-0.4, -0.2) is 49.0 Å². The highest BCUT2D eigenvalue weighted by Crippen LogP contribution is 2.22. The molecule has 1 aliphatic rings. The predicted molar refractivity (Wildman–Crippen MR) is 99.9 cm³/mol. The molecular weight excluding hydrogens is 384 g/mol. The molecule has 3 rings (SSSR count). The van der Waals surface area contributed by atoms with Gasteiger partial charge in [-0.15, -0.1) is 0 Å². The number of piperidine rings is 1. The van der Waals surface area contributed by atoms with Gasteiger partial charge < -0.3 is 14.1 Å². The molecule has 0 saturated carbocycles. The van der Waals surface area contributed by atoms with E-state index >= 15 is 0 Å². The molecule has 1 fully saturated rings. The van der Waals surface area contributed by atoms with Crippen molar-refractivity contribution < 1.29 is 27.2 Å². The van der Waals surface area contributed by atoms with Gasteiger partial charge in [-0.05, 0) is 43.5 Å². The fourth-order valence-corrected chi connectivity index (χ4v) is 3.78. The highest BCUT2D eigenvalue weighted by Gasteiger charge is 2.31. The maximum absolute atomic E-state index is 12.4. The summed E-state index contributed by atoms with van der Waals surface area (Å²) in [6, 6.07) is 5.61. The molecule has 0 bridgehead atoms. The Kier molecular flexibility index (Phi) is 5.83. The molecule has 1 amide bonds. The average molecular weight is 406 g/mol. The van der Waals surface area contributed by atoms with Crippen molar-refractivity contribution in [1.29, 1.82) is 0 Å². The summed E-state index contributed by atoms with van der Waals surface area (Å²) in [7, 11) is -3.27. The molecule has 9 heteroatoms. The first-order chi connectivity index (χ1) is 13.3. The number of carbonyl (C=O) groups excluding carboxylic acids is 2. The standard InChI is InChI=1S/C19H22N2O6S/c1-13(22)21-10-4-3-5-17(21)19(23)27-12-15-11-26-18(20-15)14-6-8-16(9-7-14)28(2,24)25/h6-9,11,17H,3-5,10,12H2,1-2H3/t17-/m1/s1. The van der Waals surface area contributed by atoms with Crippen molar-refractivity contribution in [2.45, 2.75) is 43.7 Å². The molecule has 1 aliphatic heterocycles. The Hall–Kier alpha value is -2.68. The minimum Gasteiger partial charge on any atom is -0.458 e. The monoisotopic (exact) mass is 406 g/mol. The van der Waals surface area contributed by atoms with Crippen molar-refractivity contribution in [2.75, 3.05) is 12.8 Å². The van der Waals surface area contributed by atoms with E-state index in [1.54, 1.807) is 17.0 Å². The molecule has 28 heavy (non-hydrogen) atoms. The van der Waals surface area contributed by atoms with Gasteiger partial charge in [0.25, 0.3) is 0 Å².